The molecule has 0 aliphatic carbocycles. The predicted molar refractivity (Wildman–Crippen MR) is 95.3 cm³/mol. The van der Waals surface area contributed by atoms with Gasteiger partial charge in [0.1, 0.15) is 0 Å². The fraction of sp³-hybridized carbons (Fsp3) is 0.583. The van der Waals surface area contributed by atoms with Crippen molar-refractivity contribution >= 4 is 21.2 Å². The number of rotatable bonds is 8. The van der Waals surface area contributed by atoms with Crippen LogP contribution in [0.5, 0.6) is 0 Å². The van der Waals surface area contributed by atoms with Gasteiger partial charge in [-0.05, 0) is 6.42 Å². The zero-order valence-electron chi connectivity index (χ0n) is 15.5. The highest BCUT2D eigenvalue weighted by atomic mass is 31.2. The van der Waals surface area contributed by atoms with Crippen LogP contribution >= 0.6 is 15.2 Å². The lowest BCUT2D eigenvalue weighted by Crippen LogP contribution is -2.29. The molecule has 0 aromatic carbocycles. The van der Waals surface area contributed by atoms with Crippen LogP contribution in [0.3, 0.4) is 0 Å². The summed E-state index contributed by atoms with van der Waals surface area (Å²) in [5.74, 6) is -0.810. The first-order chi connectivity index (χ1) is 13.2. The third-order valence-electron chi connectivity index (χ3n) is 3.54. The molecule has 0 fully saturated rings. The molecular weight excluding hydrogens is 434 g/mol. The Morgan fingerprint density at radius 3 is 1.69 bits per heavy atom. The molecule has 0 bridgehead atoms. The van der Waals surface area contributed by atoms with Gasteiger partial charge in [-0.15, -0.1) is 10.2 Å². The van der Waals surface area contributed by atoms with Crippen molar-refractivity contribution in [1.82, 2.24) is 30.0 Å². The predicted octanol–water partition coefficient (Wildman–Crippen LogP) is -1.42. The van der Waals surface area contributed by atoms with Crippen LogP contribution in [0.2, 0.25) is 0 Å². The van der Waals surface area contributed by atoms with Gasteiger partial charge >= 0.3 is 21.2 Å². The molecule has 0 aliphatic rings. The Hall–Kier alpha value is -1.99. The van der Waals surface area contributed by atoms with E-state index in [1.807, 2.05) is 0 Å². The van der Waals surface area contributed by atoms with Gasteiger partial charge in [-0.3, -0.25) is 23.3 Å². The highest BCUT2D eigenvalue weighted by Gasteiger charge is 2.58. The lowest BCUT2D eigenvalue weighted by molar-refractivity contribution is -0.136. The van der Waals surface area contributed by atoms with Crippen LogP contribution in [0.4, 0.5) is 0 Å². The van der Waals surface area contributed by atoms with Gasteiger partial charge in [-0.2, -0.15) is 0 Å². The number of aryl methyl sites for hydroxylation is 4. The van der Waals surface area contributed by atoms with Gasteiger partial charge < -0.3 is 29.8 Å². The Kier molecular flexibility index (Phi) is 8.35. The minimum atomic E-state index is -5.40. The van der Waals surface area contributed by atoms with E-state index in [2.05, 4.69) is 20.6 Å². The zero-order chi connectivity index (χ0) is 22.5. The molecule has 0 saturated heterocycles. The molecule has 0 aliphatic heterocycles. The van der Waals surface area contributed by atoms with E-state index in [9.17, 15) is 19.0 Å². The summed E-state index contributed by atoms with van der Waals surface area (Å²) in [7, 11) is -7.51. The van der Waals surface area contributed by atoms with Crippen LogP contribution < -0.4 is 0 Å². The van der Waals surface area contributed by atoms with Crippen molar-refractivity contribution in [3.8, 4) is 0 Å². The quantitative estimate of drug-likeness (QED) is 0.251. The van der Waals surface area contributed by atoms with Gasteiger partial charge in [0.05, 0.1) is 17.8 Å². The van der Waals surface area contributed by atoms with Crippen LogP contribution in [0, 0.1) is 0 Å². The van der Waals surface area contributed by atoms with Crippen molar-refractivity contribution in [2.45, 2.75) is 30.8 Å². The van der Waals surface area contributed by atoms with Crippen molar-refractivity contribution in [3.63, 3.8) is 0 Å². The molecule has 0 amide bonds. The summed E-state index contributed by atoms with van der Waals surface area (Å²) in [6.07, 6.45) is 2.60. The summed E-state index contributed by atoms with van der Waals surface area (Å²) < 4.78 is 24.9. The Morgan fingerprint density at radius 1 is 0.966 bits per heavy atom. The Balaban J connectivity index is 0.000000326. The standard InChI is InChI=1S/C6H13N3O7P2.C6H9N3O2/c1-9-4-5(7-8-9)2-3-6(10,17(11,12)13)18(14,15)16;1-9-4-5(7-8-9)2-3-6(10)11/h4,10H,2-3H2,1H3,(H2,11,12,13)(H2,14,15,16);4H,2-3H2,1H3,(H,10,11). The molecule has 6 N–H and O–H groups in total. The second kappa shape index (κ2) is 9.67. The maximum Gasteiger partial charge on any atom is 0.369 e. The van der Waals surface area contributed by atoms with E-state index in [0.717, 1.165) is 5.69 Å². The summed E-state index contributed by atoms with van der Waals surface area (Å²) in [5, 5.41) is 29.0. The summed E-state index contributed by atoms with van der Waals surface area (Å²) in [6.45, 7) is 0. The Bertz CT molecular complexity index is 895. The number of carbonyl (C=O) groups is 1. The summed E-state index contributed by atoms with van der Waals surface area (Å²) in [4.78, 5) is 45.7. The lowest BCUT2D eigenvalue weighted by atomic mass is 10.2. The van der Waals surface area contributed by atoms with Gasteiger partial charge in [-0.25, -0.2) is 0 Å². The summed E-state index contributed by atoms with van der Waals surface area (Å²) in [5.41, 5.74) is 0.965. The second-order valence-corrected chi connectivity index (χ2v) is 10.0. The van der Waals surface area contributed by atoms with E-state index in [0.29, 0.717) is 6.42 Å². The van der Waals surface area contributed by atoms with E-state index in [-0.39, 0.29) is 18.5 Å². The summed E-state index contributed by atoms with van der Waals surface area (Å²) >= 11 is 0. The van der Waals surface area contributed by atoms with Gasteiger partial charge in [0.25, 0.3) is 5.08 Å². The molecule has 2 rings (SSSR count). The molecule has 2 heterocycles. The number of carboxylic acids is 1. The molecule has 15 nitrogen and oxygen atoms in total. The van der Waals surface area contributed by atoms with Crippen molar-refractivity contribution in [3.05, 3.63) is 23.8 Å². The number of hydrogen-bond acceptors (Lipinski definition) is 8. The van der Waals surface area contributed by atoms with E-state index >= 15 is 0 Å². The molecule has 29 heavy (non-hydrogen) atoms. The van der Waals surface area contributed by atoms with E-state index < -0.39 is 32.7 Å². The molecule has 17 heteroatoms. The van der Waals surface area contributed by atoms with Crippen molar-refractivity contribution in [1.29, 1.82) is 0 Å². The number of nitrogens with zero attached hydrogens (tertiary/aromatic N) is 6. The van der Waals surface area contributed by atoms with E-state index in [1.165, 1.54) is 10.9 Å². The third-order valence-corrected chi connectivity index (χ3v) is 7.42. The molecule has 0 radical (unpaired) electrons. The molecule has 2 aromatic heterocycles. The topological polar surface area (TPSA) is 234 Å². The monoisotopic (exact) mass is 456 g/mol. The third kappa shape index (κ3) is 7.40. The van der Waals surface area contributed by atoms with Crippen LogP contribution in [0.1, 0.15) is 24.2 Å². The van der Waals surface area contributed by atoms with Crippen molar-refractivity contribution in [2.24, 2.45) is 14.1 Å². The Morgan fingerprint density at radius 2 is 1.38 bits per heavy atom. The minimum absolute atomic E-state index is 0.110. The smallest absolute Gasteiger partial charge is 0.369 e. The number of aliphatic carboxylic acids is 1. The molecule has 2 aromatic rings. The lowest BCUT2D eigenvalue weighted by Gasteiger charge is -2.28. The van der Waals surface area contributed by atoms with Gasteiger partial charge in [0.2, 0.25) is 0 Å². The first-order valence-corrected chi connectivity index (χ1v) is 11.1. The SMILES string of the molecule is Cn1cc(CCC(=O)O)nn1.Cn1cc(CCC(O)(P(=O)(O)O)P(=O)(O)O)nn1. The Labute approximate surface area is 164 Å². The van der Waals surface area contributed by atoms with E-state index in [1.54, 1.807) is 25.0 Å². The molecule has 164 valence electrons. The van der Waals surface area contributed by atoms with Crippen LogP contribution in [0.15, 0.2) is 12.4 Å². The molecule has 0 atom stereocenters. The highest BCUT2D eigenvalue weighted by Crippen LogP contribution is 2.69. The zero-order valence-corrected chi connectivity index (χ0v) is 17.3. The fourth-order valence-electron chi connectivity index (χ4n) is 2.01. The molecule has 0 saturated carbocycles. The van der Waals surface area contributed by atoms with Crippen molar-refractivity contribution < 1.29 is 43.7 Å². The molecule has 0 spiro atoms. The first kappa shape index (κ1) is 25.0. The van der Waals surface area contributed by atoms with E-state index in [4.69, 9.17) is 24.7 Å². The summed E-state index contributed by atoms with van der Waals surface area (Å²) in [6, 6.07) is 0. The average molecular weight is 456 g/mol. The average Bonchev–Trinajstić information content (AvgIpc) is 3.17. The number of aromatic nitrogens is 6. The maximum absolute atomic E-state index is 11.0. The second-order valence-electron chi connectivity index (χ2n) is 6.02. The van der Waals surface area contributed by atoms with Crippen LogP contribution in [-0.2, 0) is 40.9 Å². The normalized spacial score (nSPS) is 12.4. The fourth-order valence-corrected chi connectivity index (χ4v) is 4.18. The number of hydrogen-bond donors (Lipinski definition) is 6. The largest absolute Gasteiger partial charge is 0.481 e. The maximum atomic E-state index is 11.0. The van der Waals surface area contributed by atoms with Crippen molar-refractivity contribution in [2.75, 3.05) is 0 Å². The first-order valence-electron chi connectivity index (χ1n) is 7.91. The van der Waals surface area contributed by atoms with Crippen LogP contribution in [-0.4, -0.2) is 70.8 Å². The number of carboxylic acid groups (broad SMARTS) is 1. The van der Waals surface area contributed by atoms with Gasteiger partial charge in [-0.1, -0.05) is 10.4 Å². The van der Waals surface area contributed by atoms with Crippen LogP contribution in [0.25, 0.3) is 0 Å². The minimum Gasteiger partial charge on any atom is -0.481 e. The highest BCUT2D eigenvalue weighted by molar-refractivity contribution is 7.72. The molecular formula is C12H22N6O9P2. The van der Waals surface area contributed by atoms with Gasteiger partial charge in [0, 0.05) is 39.3 Å². The molecule has 0 unspecified atom stereocenters. The number of aliphatic hydroxyl groups is 1. The van der Waals surface area contributed by atoms with Gasteiger partial charge in [0.15, 0.2) is 0 Å².